The van der Waals surface area contributed by atoms with Gasteiger partial charge in [-0.15, -0.1) is 0 Å². The molecule has 0 radical (unpaired) electrons. The quantitative estimate of drug-likeness (QED) is 0.0210. The average Bonchev–Trinajstić information content (AvgIpc) is 0.807. The Balaban J connectivity index is 0.000000166. The SMILES string of the molecule is CC(C)N1CCC(c2ccc(/C(=C(/CCCO)c3ccccc3)c3ccc(O)cc3)cc2)CC1.CC(C)N1CCN(c2ccc(/C(=C(/CCCO)c3ccccc3)c3ccc([N+](=O)[O-])cc3)cc2)CC1.CCN1CCN(c2ccc(/C(=C(/CCCO)c3ccccc3)c3ccc(O)cc3)cc2)CC1. The number of non-ortho nitro benzene ring substituents is 1. The van der Waals surface area contributed by atoms with Crippen LogP contribution in [-0.4, -0.2) is 149 Å². The molecule has 12 rings (SSSR count). The lowest BCUT2D eigenvalue weighted by Gasteiger charge is -2.38. The molecule has 13 heteroatoms. The molecule has 0 aliphatic carbocycles. The molecule has 0 unspecified atom stereocenters. The van der Waals surface area contributed by atoms with Crippen LogP contribution < -0.4 is 9.80 Å². The predicted octanol–water partition coefficient (Wildman–Crippen LogP) is 17.8. The third kappa shape index (κ3) is 20.9. The molecule has 3 aliphatic heterocycles. The first-order valence-corrected chi connectivity index (χ1v) is 37.3. The van der Waals surface area contributed by atoms with Crippen molar-refractivity contribution < 1.29 is 30.5 Å². The van der Waals surface area contributed by atoms with Gasteiger partial charge in [-0.05, 0) is 254 Å². The minimum absolute atomic E-state index is 0.0746. The Morgan fingerprint density at radius 2 is 0.689 bits per heavy atom. The van der Waals surface area contributed by atoms with E-state index in [1.165, 1.54) is 70.7 Å². The molecule has 0 aromatic heterocycles. The van der Waals surface area contributed by atoms with Crippen LogP contribution in [-0.2, 0) is 0 Å². The van der Waals surface area contributed by atoms with Gasteiger partial charge >= 0.3 is 0 Å². The van der Waals surface area contributed by atoms with Crippen molar-refractivity contribution in [3.8, 4) is 11.5 Å². The summed E-state index contributed by atoms with van der Waals surface area (Å²) in [7, 11) is 0. The molecule has 0 spiro atoms. The van der Waals surface area contributed by atoms with E-state index in [-0.39, 0.29) is 41.9 Å². The molecular formula is C90H106N6O7. The van der Waals surface area contributed by atoms with E-state index in [0.717, 1.165) is 127 Å². The number of nitrogens with zero attached hydrogens (tertiary/aromatic N) is 6. The van der Waals surface area contributed by atoms with Gasteiger partial charge in [0.15, 0.2) is 0 Å². The van der Waals surface area contributed by atoms with Crippen molar-refractivity contribution in [2.45, 2.75) is 104 Å². The Bertz CT molecular complexity index is 4120. The molecule has 3 heterocycles. The van der Waals surface area contributed by atoms with Crippen molar-refractivity contribution >= 4 is 50.5 Å². The second kappa shape index (κ2) is 38.7. The molecule has 5 N–H and O–H groups in total. The van der Waals surface area contributed by atoms with Gasteiger partial charge in [0.05, 0.1) is 4.92 Å². The topological polar surface area (TPSA) is 160 Å². The van der Waals surface area contributed by atoms with E-state index in [1.807, 2.05) is 66.7 Å². The summed E-state index contributed by atoms with van der Waals surface area (Å²) >= 11 is 0. The number of piperidine rings is 1. The van der Waals surface area contributed by atoms with Crippen LogP contribution in [0.1, 0.15) is 148 Å². The molecule has 538 valence electrons. The summed E-state index contributed by atoms with van der Waals surface area (Å²) in [4.78, 5) is 23.3. The molecule has 3 saturated heterocycles. The van der Waals surface area contributed by atoms with E-state index < -0.39 is 0 Å². The number of nitro groups is 1. The van der Waals surface area contributed by atoms with Crippen molar-refractivity contribution in [3.05, 3.63) is 302 Å². The summed E-state index contributed by atoms with van der Waals surface area (Å²) in [5.74, 6) is 1.15. The van der Waals surface area contributed by atoms with Crippen LogP contribution in [0.2, 0.25) is 0 Å². The zero-order chi connectivity index (χ0) is 72.5. The monoisotopic (exact) mass is 1380 g/mol. The Morgan fingerprint density at radius 1 is 0.388 bits per heavy atom. The second-order valence-corrected chi connectivity index (χ2v) is 27.7. The number of phenols is 2. The number of piperazine rings is 2. The molecule has 3 fully saturated rings. The lowest BCUT2D eigenvalue weighted by Crippen LogP contribution is -2.48. The minimum Gasteiger partial charge on any atom is -0.508 e. The molecule has 0 amide bonds. The van der Waals surface area contributed by atoms with Gasteiger partial charge in [0.25, 0.3) is 5.69 Å². The molecule has 0 bridgehead atoms. The number of aliphatic hydroxyl groups excluding tert-OH is 3. The van der Waals surface area contributed by atoms with Crippen LogP contribution in [0.15, 0.2) is 237 Å². The van der Waals surface area contributed by atoms with Gasteiger partial charge in [0.2, 0.25) is 0 Å². The summed E-state index contributed by atoms with van der Waals surface area (Å²) in [6.45, 7) is 23.6. The number of allylic oxidation sites excluding steroid dienone is 3. The van der Waals surface area contributed by atoms with Crippen LogP contribution in [0.3, 0.4) is 0 Å². The fraction of sp³-hybridized carbons (Fsp3) is 0.333. The lowest BCUT2D eigenvalue weighted by atomic mass is 9.85. The Hall–Kier alpha value is -9.44. The van der Waals surface area contributed by atoms with Crippen molar-refractivity contribution in [2.24, 2.45) is 0 Å². The van der Waals surface area contributed by atoms with E-state index in [4.69, 9.17) is 0 Å². The number of benzene rings is 9. The third-order valence-corrected chi connectivity index (χ3v) is 20.5. The Kier molecular flexibility index (Phi) is 28.6. The number of phenolic OH excluding ortho intramolecular Hbond substituents is 2. The van der Waals surface area contributed by atoms with E-state index in [9.17, 15) is 35.6 Å². The van der Waals surface area contributed by atoms with Gasteiger partial charge in [0, 0.05) is 108 Å². The highest BCUT2D eigenvalue weighted by atomic mass is 16.6. The van der Waals surface area contributed by atoms with E-state index in [2.05, 4.69) is 193 Å². The molecule has 9 aromatic rings. The van der Waals surface area contributed by atoms with Crippen molar-refractivity contribution in [1.82, 2.24) is 14.7 Å². The number of hydrogen-bond donors (Lipinski definition) is 5. The summed E-state index contributed by atoms with van der Waals surface area (Å²) < 4.78 is 0. The first-order chi connectivity index (χ1) is 50.2. The average molecular weight is 1380 g/mol. The second-order valence-electron chi connectivity index (χ2n) is 27.7. The maximum Gasteiger partial charge on any atom is 0.269 e. The van der Waals surface area contributed by atoms with Crippen LogP contribution in [0.25, 0.3) is 33.4 Å². The van der Waals surface area contributed by atoms with E-state index in [0.29, 0.717) is 43.7 Å². The van der Waals surface area contributed by atoms with Crippen LogP contribution in [0, 0.1) is 10.1 Å². The number of aromatic hydroxyl groups is 2. The number of nitro benzene ring substituents is 1. The van der Waals surface area contributed by atoms with Gasteiger partial charge in [0.1, 0.15) is 11.5 Å². The fourth-order valence-electron chi connectivity index (χ4n) is 14.6. The number of hydrogen-bond acceptors (Lipinski definition) is 12. The summed E-state index contributed by atoms with van der Waals surface area (Å²) in [5, 5.41) is 59.8. The largest absolute Gasteiger partial charge is 0.508 e. The van der Waals surface area contributed by atoms with Crippen molar-refractivity contribution in [3.63, 3.8) is 0 Å². The minimum atomic E-state index is -0.370. The third-order valence-electron chi connectivity index (χ3n) is 20.5. The molecule has 3 aliphatic rings. The number of rotatable bonds is 25. The molecule has 0 atom stereocenters. The van der Waals surface area contributed by atoms with Crippen molar-refractivity contribution in [1.29, 1.82) is 0 Å². The maximum atomic E-state index is 11.3. The van der Waals surface area contributed by atoms with Crippen LogP contribution in [0.4, 0.5) is 17.1 Å². The Labute approximate surface area is 611 Å². The first kappa shape index (κ1) is 76.2. The highest BCUT2D eigenvalue weighted by Crippen LogP contribution is 2.41. The van der Waals surface area contributed by atoms with E-state index in [1.54, 1.807) is 36.4 Å². The van der Waals surface area contributed by atoms with Gasteiger partial charge < -0.3 is 45.1 Å². The smallest absolute Gasteiger partial charge is 0.269 e. The van der Waals surface area contributed by atoms with Crippen LogP contribution >= 0.6 is 0 Å². The highest BCUT2D eigenvalue weighted by molar-refractivity contribution is 6.01. The summed E-state index contributed by atoms with van der Waals surface area (Å²) in [6, 6.07) is 80.6. The molecule has 103 heavy (non-hydrogen) atoms. The van der Waals surface area contributed by atoms with E-state index >= 15 is 0 Å². The summed E-state index contributed by atoms with van der Waals surface area (Å²) in [6.07, 6.45) is 6.73. The van der Waals surface area contributed by atoms with Crippen LogP contribution in [0.5, 0.6) is 11.5 Å². The van der Waals surface area contributed by atoms with Gasteiger partial charge in [-0.3, -0.25) is 15.0 Å². The van der Waals surface area contributed by atoms with Gasteiger partial charge in [-0.2, -0.15) is 0 Å². The number of anilines is 2. The number of aliphatic hydroxyl groups is 3. The molecule has 0 saturated carbocycles. The van der Waals surface area contributed by atoms with Gasteiger partial charge in [-0.1, -0.05) is 171 Å². The first-order valence-electron chi connectivity index (χ1n) is 37.3. The number of likely N-dealkylation sites (N-methyl/N-ethyl adjacent to an activating group) is 1. The highest BCUT2D eigenvalue weighted by Gasteiger charge is 2.25. The van der Waals surface area contributed by atoms with Gasteiger partial charge in [-0.25, -0.2) is 0 Å². The standard InChI is InChI=1S/C31H37NO2.C30H35N3O3.C29H34N2O2/c1-23(2)32-20-18-25(19-21-32)24-10-12-27(13-11-24)31(28-14-16-29(34)17-15-28)30(9-6-22-33)26-7-4-3-5-8-26;1-23(2)31-18-20-32(21-19-31)27-14-10-25(11-15-27)30(26-12-16-28(17-13-26)33(35)36)29(9-6-22-34)24-7-4-3-5-8-24;1-2-30-18-20-31(21-19-30)26-14-10-24(11-15-26)29(25-12-16-27(33)17-13-25)28(9-6-22-32)23-7-4-3-5-8-23/h3-5,7-8,10-17,23,25,33-34H,6,9,18-22H2,1-2H3;3-5,7-8,10-17,23,34H,6,9,18-22H2,1-2H3;3-5,7-8,10-17,32-33H,2,6,9,18-22H2,1H3/b31-30+;30-29+;29-28+. The molecule has 9 aromatic carbocycles. The predicted molar refractivity (Wildman–Crippen MR) is 427 cm³/mol. The lowest BCUT2D eigenvalue weighted by molar-refractivity contribution is -0.384. The zero-order valence-electron chi connectivity index (χ0n) is 61.0. The molecule has 13 nitrogen and oxygen atoms in total. The fourth-order valence-corrected chi connectivity index (χ4v) is 14.6. The zero-order valence-corrected chi connectivity index (χ0v) is 61.0. The van der Waals surface area contributed by atoms with Crippen molar-refractivity contribution in [2.75, 3.05) is 102 Å². The summed E-state index contributed by atoms with van der Waals surface area (Å²) in [5.41, 5.74) is 20.7. The molecular weight excluding hydrogens is 1280 g/mol. The Morgan fingerprint density at radius 3 is 1.00 bits per heavy atom. The normalized spacial score (nSPS) is 15.5. The number of likely N-dealkylation sites (tertiary alicyclic amines) is 1. The maximum absolute atomic E-state index is 11.3.